The molecule has 0 unspecified atom stereocenters. The van der Waals surface area contributed by atoms with E-state index in [1.807, 2.05) is 25.1 Å². The van der Waals surface area contributed by atoms with E-state index in [9.17, 15) is 0 Å². The van der Waals surface area contributed by atoms with Gasteiger partial charge in [0.2, 0.25) is 0 Å². The summed E-state index contributed by atoms with van der Waals surface area (Å²) in [7, 11) is 1.69. The van der Waals surface area contributed by atoms with Gasteiger partial charge in [-0.3, -0.25) is 0 Å². The molecule has 106 valence electrons. The fourth-order valence-corrected chi connectivity index (χ4v) is 2.50. The number of aryl methyl sites for hydroxylation is 1. The minimum atomic E-state index is 0.801. The molecule has 0 saturated heterocycles. The summed E-state index contributed by atoms with van der Waals surface area (Å²) in [4.78, 5) is 0. The van der Waals surface area contributed by atoms with Crippen molar-refractivity contribution in [3.8, 4) is 5.75 Å². The molecule has 3 nitrogen and oxygen atoms in total. The monoisotopic (exact) mass is 334 g/mol. The summed E-state index contributed by atoms with van der Waals surface area (Å²) in [6.45, 7) is 2.87. The van der Waals surface area contributed by atoms with Gasteiger partial charge < -0.3 is 15.8 Å². The van der Waals surface area contributed by atoms with Crippen molar-refractivity contribution in [2.45, 2.75) is 13.3 Å². The topological polar surface area (TPSA) is 47.3 Å². The van der Waals surface area contributed by atoms with Crippen LogP contribution >= 0.6 is 15.9 Å². The molecule has 0 amide bonds. The Morgan fingerprint density at radius 3 is 2.80 bits per heavy atom. The number of benzene rings is 2. The number of hydrogen-bond donors (Lipinski definition) is 2. The van der Waals surface area contributed by atoms with Crippen molar-refractivity contribution in [3.05, 3.63) is 52.0 Å². The van der Waals surface area contributed by atoms with Gasteiger partial charge in [-0.15, -0.1) is 0 Å². The molecule has 0 aromatic heterocycles. The fraction of sp³-hybridized carbons (Fsp3) is 0.250. The van der Waals surface area contributed by atoms with Crippen molar-refractivity contribution in [3.63, 3.8) is 0 Å². The minimum Gasteiger partial charge on any atom is -0.497 e. The molecule has 0 spiro atoms. The van der Waals surface area contributed by atoms with Crippen LogP contribution < -0.4 is 15.8 Å². The first-order valence-electron chi connectivity index (χ1n) is 6.52. The Labute approximate surface area is 128 Å². The predicted octanol–water partition coefficient (Wildman–Crippen LogP) is 4.00. The van der Waals surface area contributed by atoms with Crippen LogP contribution in [0.4, 0.5) is 11.4 Å². The van der Waals surface area contributed by atoms with E-state index in [4.69, 9.17) is 10.5 Å². The Morgan fingerprint density at radius 2 is 2.05 bits per heavy atom. The number of methoxy groups -OCH3 is 1. The summed E-state index contributed by atoms with van der Waals surface area (Å²) in [5.74, 6) is 0.895. The van der Waals surface area contributed by atoms with Crippen LogP contribution in [-0.2, 0) is 6.42 Å². The fourth-order valence-electron chi connectivity index (χ4n) is 2.00. The van der Waals surface area contributed by atoms with Crippen molar-refractivity contribution in [2.24, 2.45) is 0 Å². The Morgan fingerprint density at radius 1 is 1.25 bits per heavy atom. The lowest BCUT2D eigenvalue weighted by atomic mass is 10.1. The summed E-state index contributed by atoms with van der Waals surface area (Å²) >= 11 is 3.53. The molecule has 0 saturated carbocycles. The quantitative estimate of drug-likeness (QED) is 0.812. The van der Waals surface area contributed by atoms with Crippen LogP contribution in [0.3, 0.4) is 0 Å². The lowest BCUT2D eigenvalue weighted by molar-refractivity contribution is 0.414. The molecule has 3 N–H and O–H groups in total. The van der Waals surface area contributed by atoms with E-state index < -0.39 is 0 Å². The highest BCUT2D eigenvalue weighted by Gasteiger charge is 2.03. The number of nitrogen functional groups attached to an aromatic ring is 1. The molecule has 2 rings (SSSR count). The van der Waals surface area contributed by atoms with E-state index in [2.05, 4.69) is 39.4 Å². The maximum Gasteiger partial charge on any atom is 0.119 e. The number of rotatable bonds is 5. The van der Waals surface area contributed by atoms with Gasteiger partial charge in [0.05, 0.1) is 7.11 Å². The summed E-state index contributed by atoms with van der Waals surface area (Å²) in [5.41, 5.74) is 10.1. The van der Waals surface area contributed by atoms with E-state index in [1.165, 1.54) is 5.56 Å². The van der Waals surface area contributed by atoms with Crippen molar-refractivity contribution < 1.29 is 4.74 Å². The standard InChI is InChI=1S/C16H19BrN2O/c1-11-8-16(14(17)10-15(11)18)19-7-6-12-4-3-5-13(9-12)20-2/h3-5,8-10,19H,6-7,18H2,1-2H3. The number of nitrogens with two attached hydrogens (primary N) is 1. The molecule has 0 aliphatic heterocycles. The average Bonchev–Trinajstić information content (AvgIpc) is 2.44. The maximum absolute atomic E-state index is 5.87. The SMILES string of the molecule is COc1cccc(CCNc2cc(C)c(N)cc2Br)c1. The van der Waals surface area contributed by atoms with Crippen LogP contribution in [0, 0.1) is 6.92 Å². The lowest BCUT2D eigenvalue weighted by Gasteiger charge is -2.11. The molecule has 4 heteroatoms. The predicted molar refractivity (Wildman–Crippen MR) is 88.5 cm³/mol. The summed E-state index contributed by atoms with van der Waals surface area (Å²) in [5, 5.41) is 3.42. The van der Waals surface area contributed by atoms with E-state index in [-0.39, 0.29) is 0 Å². The second kappa shape index (κ2) is 6.66. The molecule has 20 heavy (non-hydrogen) atoms. The van der Waals surface area contributed by atoms with Crippen LogP contribution in [0.15, 0.2) is 40.9 Å². The van der Waals surface area contributed by atoms with Gasteiger partial charge in [0.1, 0.15) is 5.75 Å². The number of nitrogens with one attached hydrogen (secondary N) is 1. The van der Waals surface area contributed by atoms with Gasteiger partial charge in [-0.05, 0) is 64.7 Å². The lowest BCUT2D eigenvalue weighted by Crippen LogP contribution is -2.06. The molecule has 0 aliphatic carbocycles. The third-order valence-electron chi connectivity index (χ3n) is 3.22. The van der Waals surface area contributed by atoms with E-state index >= 15 is 0 Å². The van der Waals surface area contributed by atoms with Crippen molar-refractivity contribution in [1.82, 2.24) is 0 Å². The normalized spacial score (nSPS) is 10.3. The van der Waals surface area contributed by atoms with Crippen molar-refractivity contribution in [1.29, 1.82) is 0 Å². The van der Waals surface area contributed by atoms with Gasteiger partial charge in [0.15, 0.2) is 0 Å². The second-order valence-corrected chi connectivity index (χ2v) is 5.57. The van der Waals surface area contributed by atoms with Gasteiger partial charge in [0, 0.05) is 22.4 Å². The molecule has 0 aliphatic rings. The molecule has 0 atom stereocenters. The molecule has 0 bridgehead atoms. The van der Waals surface area contributed by atoms with Gasteiger partial charge >= 0.3 is 0 Å². The van der Waals surface area contributed by atoms with E-state index in [0.29, 0.717) is 0 Å². The van der Waals surface area contributed by atoms with Crippen LogP contribution in [-0.4, -0.2) is 13.7 Å². The van der Waals surface area contributed by atoms with Gasteiger partial charge in [-0.2, -0.15) is 0 Å². The molecule has 0 radical (unpaired) electrons. The first-order chi connectivity index (χ1) is 9.60. The molecule has 0 heterocycles. The number of hydrogen-bond acceptors (Lipinski definition) is 3. The first-order valence-corrected chi connectivity index (χ1v) is 7.32. The third-order valence-corrected chi connectivity index (χ3v) is 3.88. The summed E-state index contributed by atoms with van der Waals surface area (Å²) in [6, 6.07) is 12.1. The van der Waals surface area contributed by atoms with Crippen molar-refractivity contribution >= 4 is 27.3 Å². The van der Waals surface area contributed by atoms with Gasteiger partial charge in [0.25, 0.3) is 0 Å². The Hall–Kier alpha value is -1.68. The highest BCUT2D eigenvalue weighted by Crippen LogP contribution is 2.27. The Balaban J connectivity index is 1.97. The minimum absolute atomic E-state index is 0.801. The highest BCUT2D eigenvalue weighted by atomic mass is 79.9. The molecule has 2 aromatic carbocycles. The van der Waals surface area contributed by atoms with E-state index in [0.717, 1.165) is 40.1 Å². The first kappa shape index (κ1) is 14.7. The smallest absolute Gasteiger partial charge is 0.119 e. The third kappa shape index (κ3) is 3.67. The average molecular weight is 335 g/mol. The number of ether oxygens (including phenoxy) is 1. The molecule has 0 fully saturated rings. The summed E-state index contributed by atoms with van der Waals surface area (Å²) in [6.07, 6.45) is 0.938. The zero-order chi connectivity index (χ0) is 14.5. The van der Waals surface area contributed by atoms with Gasteiger partial charge in [-0.25, -0.2) is 0 Å². The van der Waals surface area contributed by atoms with Gasteiger partial charge in [-0.1, -0.05) is 12.1 Å². The van der Waals surface area contributed by atoms with Crippen LogP contribution in [0.25, 0.3) is 0 Å². The number of anilines is 2. The molecular weight excluding hydrogens is 316 g/mol. The summed E-state index contributed by atoms with van der Waals surface area (Å²) < 4.78 is 6.22. The van der Waals surface area contributed by atoms with Crippen LogP contribution in [0.1, 0.15) is 11.1 Å². The van der Waals surface area contributed by atoms with Crippen LogP contribution in [0.5, 0.6) is 5.75 Å². The molecular formula is C16H19BrN2O. The zero-order valence-electron chi connectivity index (χ0n) is 11.7. The highest BCUT2D eigenvalue weighted by molar-refractivity contribution is 9.10. The zero-order valence-corrected chi connectivity index (χ0v) is 13.3. The largest absolute Gasteiger partial charge is 0.497 e. The molecule has 2 aromatic rings. The Kier molecular flexibility index (Phi) is 4.90. The maximum atomic E-state index is 5.87. The van der Waals surface area contributed by atoms with Crippen molar-refractivity contribution in [2.75, 3.05) is 24.7 Å². The van der Waals surface area contributed by atoms with Crippen LogP contribution in [0.2, 0.25) is 0 Å². The number of halogens is 1. The van der Waals surface area contributed by atoms with E-state index in [1.54, 1.807) is 7.11 Å². The second-order valence-electron chi connectivity index (χ2n) is 4.72. The Bertz CT molecular complexity index is 599.